The van der Waals surface area contributed by atoms with Gasteiger partial charge in [0, 0.05) is 38.3 Å². The summed E-state index contributed by atoms with van der Waals surface area (Å²) in [4.78, 5) is 4.40. The standard InChI is InChI=1S/C15H19ClFN3/c1-2-13(10-18)20-8-6-19(7-9-20)11-12-4-3-5-14(16)15(12)17/h3-5,13H,2,6-9,11H2,1H3. The average Bonchev–Trinajstić information content (AvgIpc) is 2.47. The number of halogens is 2. The summed E-state index contributed by atoms with van der Waals surface area (Å²) in [6, 6.07) is 7.45. The molecule has 0 aliphatic carbocycles. The van der Waals surface area contributed by atoms with Gasteiger partial charge in [0.25, 0.3) is 0 Å². The van der Waals surface area contributed by atoms with E-state index in [9.17, 15) is 4.39 Å². The molecule has 0 spiro atoms. The smallest absolute Gasteiger partial charge is 0.146 e. The lowest BCUT2D eigenvalue weighted by Crippen LogP contribution is -2.49. The van der Waals surface area contributed by atoms with E-state index in [0.29, 0.717) is 12.1 Å². The third-order valence-electron chi connectivity index (χ3n) is 3.81. The summed E-state index contributed by atoms with van der Waals surface area (Å²) < 4.78 is 13.9. The van der Waals surface area contributed by atoms with Gasteiger partial charge in [0.1, 0.15) is 5.82 Å². The van der Waals surface area contributed by atoms with Crippen LogP contribution in [0.5, 0.6) is 0 Å². The predicted molar refractivity (Wildman–Crippen MR) is 78.0 cm³/mol. The van der Waals surface area contributed by atoms with Gasteiger partial charge in [0.2, 0.25) is 0 Å². The van der Waals surface area contributed by atoms with Crippen LogP contribution in [0.1, 0.15) is 18.9 Å². The Bertz CT molecular complexity index is 492. The summed E-state index contributed by atoms with van der Waals surface area (Å²) in [6.45, 7) is 6.02. The molecule has 1 aromatic rings. The summed E-state index contributed by atoms with van der Waals surface area (Å²) in [5, 5.41) is 9.25. The number of nitriles is 1. The fourth-order valence-corrected chi connectivity index (χ4v) is 2.77. The van der Waals surface area contributed by atoms with E-state index >= 15 is 0 Å². The Kier molecular flexibility index (Phi) is 5.36. The Morgan fingerprint density at radius 1 is 1.35 bits per heavy atom. The molecule has 0 N–H and O–H groups in total. The maximum Gasteiger partial charge on any atom is 0.146 e. The minimum absolute atomic E-state index is 0.0000517. The highest BCUT2D eigenvalue weighted by Crippen LogP contribution is 2.20. The number of benzene rings is 1. The molecule has 3 nitrogen and oxygen atoms in total. The second-order valence-electron chi connectivity index (χ2n) is 5.08. The molecule has 0 saturated carbocycles. The summed E-state index contributed by atoms with van der Waals surface area (Å²) in [5.41, 5.74) is 0.637. The molecule has 2 rings (SSSR count). The first-order valence-corrected chi connectivity index (χ1v) is 7.32. The zero-order valence-corrected chi connectivity index (χ0v) is 12.4. The van der Waals surface area contributed by atoms with Crippen molar-refractivity contribution in [3.8, 4) is 6.07 Å². The first-order valence-electron chi connectivity index (χ1n) is 6.94. The van der Waals surface area contributed by atoms with Crippen LogP contribution >= 0.6 is 11.6 Å². The van der Waals surface area contributed by atoms with Crippen molar-refractivity contribution >= 4 is 11.6 Å². The van der Waals surface area contributed by atoms with Crippen LogP contribution in [0, 0.1) is 17.1 Å². The minimum atomic E-state index is -0.319. The molecule has 0 amide bonds. The summed E-state index contributed by atoms with van der Waals surface area (Å²) >= 11 is 5.80. The van der Waals surface area contributed by atoms with Gasteiger partial charge in [0.05, 0.1) is 17.1 Å². The summed E-state index contributed by atoms with van der Waals surface area (Å²) in [6.07, 6.45) is 0.847. The van der Waals surface area contributed by atoms with Crippen molar-refractivity contribution in [1.29, 1.82) is 5.26 Å². The topological polar surface area (TPSA) is 30.3 Å². The number of hydrogen-bond acceptors (Lipinski definition) is 3. The largest absolute Gasteiger partial charge is 0.296 e. The van der Waals surface area contributed by atoms with Crippen LogP contribution in [0.4, 0.5) is 4.39 Å². The fourth-order valence-electron chi connectivity index (χ4n) is 2.58. The molecule has 1 atom stereocenters. The molecule has 1 unspecified atom stereocenters. The molecule has 1 aliphatic rings. The Labute approximate surface area is 124 Å². The van der Waals surface area contributed by atoms with Crippen molar-refractivity contribution in [3.05, 3.63) is 34.6 Å². The summed E-state index contributed by atoms with van der Waals surface area (Å²) in [7, 11) is 0. The van der Waals surface area contributed by atoms with E-state index in [4.69, 9.17) is 16.9 Å². The molecule has 20 heavy (non-hydrogen) atoms. The minimum Gasteiger partial charge on any atom is -0.296 e. The lowest BCUT2D eigenvalue weighted by atomic mass is 10.1. The SMILES string of the molecule is CCC(C#N)N1CCN(Cc2cccc(Cl)c2F)CC1. The van der Waals surface area contributed by atoms with Crippen molar-refractivity contribution in [1.82, 2.24) is 9.80 Å². The van der Waals surface area contributed by atoms with Crippen molar-refractivity contribution in [2.75, 3.05) is 26.2 Å². The Morgan fingerprint density at radius 3 is 2.65 bits per heavy atom. The van der Waals surface area contributed by atoms with Gasteiger partial charge in [-0.05, 0) is 12.5 Å². The van der Waals surface area contributed by atoms with E-state index in [1.165, 1.54) is 0 Å². The van der Waals surface area contributed by atoms with Gasteiger partial charge < -0.3 is 0 Å². The Balaban J connectivity index is 1.92. The maximum absolute atomic E-state index is 13.9. The van der Waals surface area contributed by atoms with Crippen molar-refractivity contribution in [2.45, 2.75) is 25.9 Å². The molecule has 1 saturated heterocycles. The molecule has 1 aliphatic heterocycles. The molecular weight excluding hydrogens is 277 g/mol. The third kappa shape index (κ3) is 3.49. The first-order chi connectivity index (χ1) is 9.65. The van der Waals surface area contributed by atoms with Crippen LogP contribution in [0.15, 0.2) is 18.2 Å². The van der Waals surface area contributed by atoms with Gasteiger partial charge in [0.15, 0.2) is 0 Å². The average molecular weight is 296 g/mol. The van der Waals surface area contributed by atoms with E-state index in [-0.39, 0.29) is 16.9 Å². The third-order valence-corrected chi connectivity index (χ3v) is 4.10. The monoisotopic (exact) mass is 295 g/mol. The van der Waals surface area contributed by atoms with Gasteiger partial charge >= 0.3 is 0 Å². The summed E-state index contributed by atoms with van der Waals surface area (Å²) in [5.74, 6) is -0.319. The molecule has 0 radical (unpaired) electrons. The molecule has 1 fully saturated rings. The molecule has 108 valence electrons. The normalized spacial score (nSPS) is 18.7. The highest BCUT2D eigenvalue weighted by atomic mass is 35.5. The molecular formula is C15H19ClFN3. The van der Waals surface area contributed by atoms with E-state index in [1.54, 1.807) is 18.2 Å². The number of rotatable bonds is 4. The van der Waals surface area contributed by atoms with E-state index in [1.807, 2.05) is 6.92 Å². The molecule has 0 bridgehead atoms. The van der Waals surface area contributed by atoms with Gasteiger partial charge in [-0.15, -0.1) is 0 Å². The zero-order chi connectivity index (χ0) is 14.5. The molecule has 1 aromatic carbocycles. The van der Waals surface area contributed by atoms with Crippen LogP contribution in [-0.2, 0) is 6.54 Å². The van der Waals surface area contributed by atoms with Gasteiger partial charge in [-0.3, -0.25) is 9.80 Å². The van der Waals surface area contributed by atoms with Crippen molar-refractivity contribution in [2.24, 2.45) is 0 Å². The highest BCUT2D eigenvalue weighted by molar-refractivity contribution is 6.30. The fraction of sp³-hybridized carbons (Fsp3) is 0.533. The number of piperazine rings is 1. The zero-order valence-electron chi connectivity index (χ0n) is 11.6. The van der Waals surface area contributed by atoms with Crippen LogP contribution in [0.2, 0.25) is 5.02 Å². The lowest BCUT2D eigenvalue weighted by molar-refractivity contribution is 0.107. The Morgan fingerprint density at radius 2 is 2.05 bits per heavy atom. The van der Waals surface area contributed by atoms with E-state index in [2.05, 4.69) is 15.9 Å². The number of hydrogen-bond donors (Lipinski definition) is 0. The van der Waals surface area contributed by atoms with E-state index in [0.717, 1.165) is 32.6 Å². The van der Waals surface area contributed by atoms with Crippen LogP contribution in [0.25, 0.3) is 0 Å². The van der Waals surface area contributed by atoms with Gasteiger partial charge in [-0.1, -0.05) is 30.7 Å². The van der Waals surface area contributed by atoms with Crippen LogP contribution < -0.4 is 0 Å². The van der Waals surface area contributed by atoms with Crippen molar-refractivity contribution in [3.63, 3.8) is 0 Å². The molecule has 0 aromatic heterocycles. The van der Waals surface area contributed by atoms with Gasteiger partial charge in [-0.25, -0.2) is 4.39 Å². The number of nitrogens with zero attached hydrogens (tertiary/aromatic N) is 3. The Hall–Kier alpha value is -1.15. The van der Waals surface area contributed by atoms with Crippen molar-refractivity contribution < 1.29 is 4.39 Å². The predicted octanol–water partition coefficient (Wildman–Crippen LogP) is 2.90. The second kappa shape index (κ2) is 7.03. The van der Waals surface area contributed by atoms with E-state index < -0.39 is 0 Å². The second-order valence-corrected chi connectivity index (χ2v) is 5.49. The first kappa shape index (κ1) is 15.2. The maximum atomic E-state index is 13.9. The van der Waals surface area contributed by atoms with Crippen LogP contribution in [0.3, 0.4) is 0 Å². The van der Waals surface area contributed by atoms with Crippen LogP contribution in [-0.4, -0.2) is 42.0 Å². The highest BCUT2D eigenvalue weighted by Gasteiger charge is 2.23. The lowest BCUT2D eigenvalue weighted by Gasteiger charge is -2.36. The molecule has 1 heterocycles. The quantitative estimate of drug-likeness (QED) is 0.855. The molecule has 5 heteroatoms. The van der Waals surface area contributed by atoms with Gasteiger partial charge in [-0.2, -0.15) is 5.26 Å².